The molecule has 0 saturated heterocycles. The molecule has 2 N–H and O–H groups in total. The van der Waals surface area contributed by atoms with Gasteiger partial charge in [-0.05, 0) is 6.07 Å². The lowest BCUT2D eigenvalue weighted by molar-refractivity contribution is 0.0698. The van der Waals surface area contributed by atoms with E-state index in [1.165, 1.54) is 12.3 Å². The van der Waals surface area contributed by atoms with Gasteiger partial charge in [0.25, 0.3) is 0 Å². The van der Waals surface area contributed by atoms with Crippen LogP contribution in [0.2, 0.25) is 0 Å². The first-order chi connectivity index (χ1) is 8.99. The Bertz CT molecular complexity index is 647. The number of halogens is 3. The van der Waals surface area contributed by atoms with Crippen LogP contribution in [0.5, 0.6) is 0 Å². The van der Waals surface area contributed by atoms with Crippen molar-refractivity contribution in [2.45, 2.75) is 0 Å². The van der Waals surface area contributed by atoms with Crippen LogP contribution in [0.3, 0.4) is 0 Å². The predicted octanol–water partition coefficient (Wildman–Crippen LogP) is 2.94. The quantitative estimate of drug-likeness (QED) is 0.840. The number of pyridine rings is 1. The van der Waals surface area contributed by atoms with Gasteiger partial charge in [0.1, 0.15) is 5.82 Å². The van der Waals surface area contributed by atoms with Crippen LogP contribution < -0.4 is 5.32 Å². The molecule has 0 fully saturated rings. The lowest BCUT2D eigenvalue weighted by Crippen LogP contribution is -2.04. The summed E-state index contributed by atoms with van der Waals surface area (Å²) in [5, 5.41) is 11.3. The van der Waals surface area contributed by atoms with Crippen molar-refractivity contribution in [1.82, 2.24) is 4.98 Å². The van der Waals surface area contributed by atoms with E-state index in [9.17, 15) is 18.0 Å². The van der Waals surface area contributed by atoms with Crippen LogP contribution in [0.4, 0.5) is 24.5 Å². The second-order valence-corrected chi connectivity index (χ2v) is 3.60. The zero-order chi connectivity index (χ0) is 14.0. The molecule has 0 aliphatic carbocycles. The van der Waals surface area contributed by atoms with Crippen molar-refractivity contribution in [3.63, 3.8) is 0 Å². The number of nitrogens with one attached hydrogen (secondary N) is 1. The van der Waals surface area contributed by atoms with E-state index in [-0.39, 0.29) is 16.9 Å². The highest BCUT2D eigenvalue weighted by atomic mass is 19.2. The van der Waals surface area contributed by atoms with Crippen LogP contribution in [-0.4, -0.2) is 16.1 Å². The molecule has 98 valence electrons. The zero-order valence-electron chi connectivity index (χ0n) is 9.32. The number of rotatable bonds is 3. The van der Waals surface area contributed by atoms with Crippen LogP contribution in [-0.2, 0) is 0 Å². The molecule has 0 amide bonds. The number of carboxylic acids is 1. The van der Waals surface area contributed by atoms with Crippen LogP contribution in [0.1, 0.15) is 10.4 Å². The number of hydrogen-bond acceptors (Lipinski definition) is 3. The fraction of sp³-hybridized carbons (Fsp3) is 0. The van der Waals surface area contributed by atoms with Gasteiger partial charge in [0, 0.05) is 18.3 Å². The number of carbonyl (C=O) groups is 1. The molecule has 7 heteroatoms. The smallest absolute Gasteiger partial charge is 0.337 e. The molecule has 0 spiro atoms. The average molecular weight is 268 g/mol. The Morgan fingerprint density at radius 2 is 1.79 bits per heavy atom. The number of aromatic nitrogens is 1. The third-order valence-electron chi connectivity index (χ3n) is 2.33. The van der Waals surface area contributed by atoms with Gasteiger partial charge < -0.3 is 10.4 Å². The summed E-state index contributed by atoms with van der Waals surface area (Å²) in [7, 11) is 0. The summed E-state index contributed by atoms with van der Waals surface area (Å²) in [6, 6.07) is 2.17. The monoisotopic (exact) mass is 268 g/mol. The normalized spacial score (nSPS) is 10.3. The maximum absolute atomic E-state index is 13.4. The van der Waals surface area contributed by atoms with Gasteiger partial charge in [0.2, 0.25) is 0 Å². The molecular weight excluding hydrogens is 261 g/mol. The second kappa shape index (κ2) is 4.97. The van der Waals surface area contributed by atoms with Gasteiger partial charge in [0.15, 0.2) is 11.6 Å². The van der Waals surface area contributed by atoms with E-state index in [0.29, 0.717) is 12.1 Å². The highest BCUT2D eigenvalue weighted by molar-refractivity contribution is 5.94. The lowest BCUT2D eigenvalue weighted by Gasteiger charge is -2.10. The Morgan fingerprint density at radius 3 is 2.47 bits per heavy atom. The van der Waals surface area contributed by atoms with Crippen molar-refractivity contribution in [3.8, 4) is 0 Å². The minimum atomic E-state index is -1.33. The molecular formula is C12H7F3N2O2. The number of anilines is 2. The van der Waals surface area contributed by atoms with E-state index in [0.717, 1.165) is 6.20 Å². The van der Waals surface area contributed by atoms with Crippen LogP contribution in [0, 0.1) is 17.5 Å². The van der Waals surface area contributed by atoms with Crippen LogP contribution in [0.25, 0.3) is 0 Å². The Balaban J connectivity index is 2.42. The molecule has 0 aliphatic rings. The Labute approximate surface area is 105 Å². The predicted molar refractivity (Wildman–Crippen MR) is 60.8 cm³/mol. The van der Waals surface area contributed by atoms with E-state index < -0.39 is 23.4 Å². The number of hydrogen-bond donors (Lipinski definition) is 2. The highest BCUT2D eigenvalue weighted by Crippen LogP contribution is 2.24. The van der Waals surface area contributed by atoms with Crippen LogP contribution >= 0.6 is 0 Å². The van der Waals surface area contributed by atoms with Gasteiger partial charge in [-0.25, -0.2) is 18.0 Å². The molecule has 0 radical (unpaired) electrons. The molecule has 0 saturated carbocycles. The summed E-state index contributed by atoms with van der Waals surface area (Å²) in [5.41, 5.74) is -0.576. The fourth-order valence-corrected chi connectivity index (χ4v) is 1.44. The van der Waals surface area contributed by atoms with Gasteiger partial charge in [-0.2, -0.15) is 0 Å². The molecule has 0 unspecified atom stereocenters. The standard InChI is InChI=1S/C12H7F3N2O2/c13-7-3-9(15)10(4-8(7)14)17-11-5-16-2-1-6(11)12(18)19/h1-5,17H,(H,18,19). The maximum Gasteiger partial charge on any atom is 0.337 e. The van der Waals surface area contributed by atoms with E-state index in [1.54, 1.807) is 0 Å². The van der Waals surface area contributed by atoms with Crippen molar-refractivity contribution in [2.75, 3.05) is 5.32 Å². The summed E-state index contributed by atoms with van der Waals surface area (Å²) in [4.78, 5) is 14.6. The summed E-state index contributed by atoms with van der Waals surface area (Å²) in [5.74, 6) is -4.87. The fourth-order valence-electron chi connectivity index (χ4n) is 1.44. The van der Waals surface area contributed by atoms with E-state index in [2.05, 4.69) is 10.3 Å². The van der Waals surface area contributed by atoms with Gasteiger partial charge in [-0.1, -0.05) is 0 Å². The SMILES string of the molecule is O=C(O)c1ccncc1Nc1cc(F)c(F)cc1F. The molecule has 2 rings (SSSR count). The molecule has 0 atom stereocenters. The number of benzene rings is 1. The first kappa shape index (κ1) is 12.9. The molecule has 2 aromatic rings. The molecule has 19 heavy (non-hydrogen) atoms. The largest absolute Gasteiger partial charge is 0.478 e. The number of carboxylic acid groups (broad SMARTS) is 1. The highest BCUT2D eigenvalue weighted by Gasteiger charge is 2.14. The number of aromatic carboxylic acids is 1. The maximum atomic E-state index is 13.4. The lowest BCUT2D eigenvalue weighted by atomic mass is 10.2. The summed E-state index contributed by atoms with van der Waals surface area (Å²) in [6.45, 7) is 0. The Hall–Kier alpha value is -2.57. The summed E-state index contributed by atoms with van der Waals surface area (Å²) < 4.78 is 39.2. The van der Waals surface area contributed by atoms with E-state index in [1.807, 2.05) is 0 Å². The second-order valence-electron chi connectivity index (χ2n) is 3.60. The van der Waals surface area contributed by atoms with Crippen molar-refractivity contribution < 1.29 is 23.1 Å². The third kappa shape index (κ3) is 2.65. The first-order valence-corrected chi connectivity index (χ1v) is 5.08. The van der Waals surface area contributed by atoms with Crippen molar-refractivity contribution in [2.24, 2.45) is 0 Å². The first-order valence-electron chi connectivity index (χ1n) is 5.08. The van der Waals surface area contributed by atoms with E-state index in [4.69, 9.17) is 5.11 Å². The third-order valence-corrected chi connectivity index (χ3v) is 2.33. The van der Waals surface area contributed by atoms with Gasteiger partial charge in [0.05, 0.1) is 23.1 Å². The number of nitrogens with zero attached hydrogens (tertiary/aromatic N) is 1. The molecule has 0 bridgehead atoms. The molecule has 1 aromatic carbocycles. The topological polar surface area (TPSA) is 62.2 Å². The van der Waals surface area contributed by atoms with Crippen molar-refractivity contribution in [1.29, 1.82) is 0 Å². The van der Waals surface area contributed by atoms with Crippen LogP contribution in [0.15, 0.2) is 30.6 Å². The minimum Gasteiger partial charge on any atom is -0.478 e. The molecule has 1 aromatic heterocycles. The van der Waals surface area contributed by atoms with Gasteiger partial charge in [-0.3, -0.25) is 4.98 Å². The van der Waals surface area contributed by atoms with Gasteiger partial charge in [-0.15, -0.1) is 0 Å². The van der Waals surface area contributed by atoms with Crippen molar-refractivity contribution in [3.05, 3.63) is 53.6 Å². The Morgan fingerprint density at radius 1 is 1.11 bits per heavy atom. The Kier molecular flexibility index (Phi) is 3.37. The molecule has 0 aliphatic heterocycles. The molecule has 1 heterocycles. The minimum absolute atomic E-state index is 0.0279. The van der Waals surface area contributed by atoms with Crippen molar-refractivity contribution >= 4 is 17.3 Å². The zero-order valence-corrected chi connectivity index (χ0v) is 9.32. The average Bonchev–Trinajstić information content (AvgIpc) is 2.36. The van der Waals surface area contributed by atoms with E-state index >= 15 is 0 Å². The van der Waals surface area contributed by atoms with Gasteiger partial charge >= 0.3 is 5.97 Å². The summed E-state index contributed by atoms with van der Waals surface area (Å²) in [6.07, 6.45) is 2.39. The summed E-state index contributed by atoms with van der Waals surface area (Å²) >= 11 is 0. The molecule has 4 nitrogen and oxygen atoms in total.